The van der Waals surface area contributed by atoms with Crippen LogP contribution in [-0.2, 0) is 12.8 Å². The molecule has 21 heavy (non-hydrogen) atoms. The molecule has 1 heterocycles. The summed E-state index contributed by atoms with van der Waals surface area (Å²) in [5, 5.41) is 3.61. The Kier molecular flexibility index (Phi) is 5.37. The Morgan fingerprint density at radius 3 is 2.62 bits per heavy atom. The molecule has 2 unspecified atom stereocenters. The number of nitrogens with one attached hydrogen (secondary N) is 1. The van der Waals surface area contributed by atoms with Gasteiger partial charge in [-0.05, 0) is 68.8 Å². The van der Waals surface area contributed by atoms with E-state index in [0.717, 1.165) is 31.7 Å². The van der Waals surface area contributed by atoms with Crippen molar-refractivity contribution >= 4 is 15.9 Å². The average molecular weight is 354 g/mol. The molecular formula is C18H28BrNO. The van der Waals surface area contributed by atoms with Crippen molar-refractivity contribution < 1.29 is 4.74 Å². The maximum atomic E-state index is 5.84. The smallest absolute Gasteiger partial charge is 0.125 e. The third-order valence-corrected chi connectivity index (χ3v) is 4.75. The molecule has 0 aliphatic carbocycles. The molecule has 2 atom stereocenters. The SMILES string of the molecule is CC(CNC(C)(C)C)C(C)Cc1cc(Br)cc2c1OCC2. The Balaban J connectivity index is 2.01. The normalized spacial score (nSPS) is 17.2. The molecule has 0 fully saturated rings. The zero-order valence-corrected chi connectivity index (χ0v) is 15.5. The van der Waals surface area contributed by atoms with E-state index in [1.165, 1.54) is 15.6 Å². The highest BCUT2D eigenvalue weighted by Crippen LogP contribution is 2.35. The first-order chi connectivity index (χ1) is 9.76. The Morgan fingerprint density at radius 1 is 1.24 bits per heavy atom. The zero-order chi connectivity index (χ0) is 15.6. The van der Waals surface area contributed by atoms with Crippen LogP contribution in [-0.4, -0.2) is 18.7 Å². The fourth-order valence-electron chi connectivity index (χ4n) is 2.71. The van der Waals surface area contributed by atoms with Crippen LogP contribution in [0.2, 0.25) is 0 Å². The van der Waals surface area contributed by atoms with Crippen molar-refractivity contribution in [1.29, 1.82) is 0 Å². The fraction of sp³-hybridized carbons (Fsp3) is 0.667. The van der Waals surface area contributed by atoms with Gasteiger partial charge in [0.05, 0.1) is 6.61 Å². The summed E-state index contributed by atoms with van der Waals surface area (Å²) in [7, 11) is 0. The molecule has 0 amide bonds. The van der Waals surface area contributed by atoms with Crippen molar-refractivity contribution in [2.75, 3.05) is 13.2 Å². The van der Waals surface area contributed by atoms with Crippen molar-refractivity contribution in [3.8, 4) is 5.75 Å². The minimum absolute atomic E-state index is 0.189. The highest BCUT2D eigenvalue weighted by molar-refractivity contribution is 9.10. The van der Waals surface area contributed by atoms with Crippen LogP contribution < -0.4 is 10.1 Å². The van der Waals surface area contributed by atoms with Crippen molar-refractivity contribution in [3.63, 3.8) is 0 Å². The quantitative estimate of drug-likeness (QED) is 0.835. The standard InChI is InChI=1S/C18H28BrNO/c1-12(13(2)11-20-18(3,4)5)8-15-10-16(19)9-14-6-7-21-17(14)15/h9-10,12-13,20H,6-8,11H2,1-5H3. The molecule has 0 bridgehead atoms. The number of hydrogen-bond donors (Lipinski definition) is 1. The minimum Gasteiger partial charge on any atom is -0.493 e. The van der Waals surface area contributed by atoms with E-state index < -0.39 is 0 Å². The van der Waals surface area contributed by atoms with Gasteiger partial charge >= 0.3 is 0 Å². The van der Waals surface area contributed by atoms with Gasteiger partial charge in [0.25, 0.3) is 0 Å². The first kappa shape index (κ1) is 16.8. The van der Waals surface area contributed by atoms with Crippen molar-refractivity contribution in [2.45, 2.75) is 53.0 Å². The van der Waals surface area contributed by atoms with Gasteiger partial charge in [-0.2, -0.15) is 0 Å². The summed E-state index contributed by atoms with van der Waals surface area (Å²) in [5.41, 5.74) is 2.90. The zero-order valence-electron chi connectivity index (χ0n) is 13.9. The minimum atomic E-state index is 0.189. The van der Waals surface area contributed by atoms with Crippen LogP contribution in [0, 0.1) is 11.8 Å². The molecule has 0 saturated heterocycles. The molecule has 0 aromatic heterocycles. The number of halogens is 1. The first-order valence-electron chi connectivity index (χ1n) is 7.95. The summed E-state index contributed by atoms with van der Waals surface area (Å²) in [6.07, 6.45) is 2.12. The Hall–Kier alpha value is -0.540. The Labute approximate surface area is 137 Å². The van der Waals surface area contributed by atoms with Crippen LogP contribution in [0.1, 0.15) is 45.7 Å². The van der Waals surface area contributed by atoms with Gasteiger partial charge in [-0.15, -0.1) is 0 Å². The summed E-state index contributed by atoms with van der Waals surface area (Å²) < 4.78 is 7.02. The monoisotopic (exact) mass is 353 g/mol. The van der Waals surface area contributed by atoms with E-state index in [0.29, 0.717) is 11.8 Å². The number of fused-ring (bicyclic) bond motifs is 1. The molecule has 0 radical (unpaired) electrons. The largest absolute Gasteiger partial charge is 0.493 e. The lowest BCUT2D eigenvalue weighted by atomic mass is 9.88. The molecule has 118 valence electrons. The molecule has 0 spiro atoms. The van der Waals surface area contributed by atoms with Gasteiger partial charge in [0.2, 0.25) is 0 Å². The van der Waals surface area contributed by atoms with Crippen LogP contribution in [0.3, 0.4) is 0 Å². The Bertz CT molecular complexity index is 493. The van der Waals surface area contributed by atoms with Crippen LogP contribution in [0.25, 0.3) is 0 Å². The van der Waals surface area contributed by atoms with Crippen LogP contribution in [0.5, 0.6) is 5.75 Å². The number of benzene rings is 1. The molecule has 1 N–H and O–H groups in total. The third kappa shape index (κ3) is 4.72. The van der Waals surface area contributed by atoms with Crippen molar-refractivity contribution in [1.82, 2.24) is 5.32 Å². The molecule has 2 rings (SSSR count). The van der Waals surface area contributed by atoms with Crippen molar-refractivity contribution in [2.24, 2.45) is 11.8 Å². The molecule has 1 aromatic carbocycles. The van der Waals surface area contributed by atoms with E-state index in [2.05, 4.69) is 68.0 Å². The molecule has 2 nitrogen and oxygen atoms in total. The summed E-state index contributed by atoms with van der Waals surface area (Å²) in [6.45, 7) is 13.2. The highest BCUT2D eigenvalue weighted by Gasteiger charge is 2.21. The summed E-state index contributed by atoms with van der Waals surface area (Å²) >= 11 is 3.63. The average Bonchev–Trinajstić information content (AvgIpc) is 2.82. The second-order valence-electron chi connectivity index (χ2n) is 7.44. The second kappa shape index (κ2) is 6.70. The van der Waals surface area contributed by atoms with E-state index in [4.69, 9.17) is 4.74 Å². The molecule has 1 aliphatic heterocycles. The first-order valence-corrected chi connectivity index (χ1v) is 8.74. The molecule has 0 saturated carbocycles. The van der Waals surface area contributed by atoms with Gasteiger partial charge in [-0.1, -0.05) is 29.8 Å². The van der Waals surface area contributed by atoms with Gasteiger partial charge in [-0.25, -0.2) is 0 Å². The van der Waals surface area contributed by atoms with Crippen molar-refractivity contribution in [3.05, 3.63) is 27.7 Å². The molecule has 1 aromatic rings. The maximum absolute atomic E-state index is 5.84. The lowest BCUT2D eigenvalue weighted by Gasteiger charge is -2.27. The van der Waals surface area contributed by atoms with E-state index in [1.807, 2.05) is 0 Å². The summed E-state index contributed by atoms with van der Waals surface area (Å²) in [6, 6.07) is 4.42. The predicted molar refractivity (Wildman–Crippen MR) is 93.1 cm³/mol. The van der Waals surface area contributed by atoms with E-state index in [1.54, 1.807) is 0 Å². The maximum Gasteiger partial charge on any atom is 0.125 e. The highest BCUT2D eigenvalue weighted by atomic mass is 79.9. The number of hydrogen-bond acceptors (Lipinski definition) is 2. The van der Waals surface area contributed by atoms with E-state index in [-0.39, 0.29) is 5.54 Å². The molecule has 1 aliphatic rings. The van der Waals surface area contributed by atoms with Crippen LogP contribution in [0.15, 0.2) is 16.6 Å². The second-order valence-corrected chi connectivity index (χ2v) is 8.36. The lowest BCUT2D eigenvalue weighted by molar-refractivity contribution is 0.311. The van der Waals surface area contributed by atoms with E-state index >= 15 is 0 Å². The third-order valence-electron chi connectivity index (χ3n) is 4.29. The van der Waals surface area contributed by atoms with Gasteiger partial charge in [0, 0.05) is 16.4 Å². The summed E-state index contributed by atoms with van der Waals surface area (Å²) in [4.78, 5) is 0. The van der Waals surface area contributed by atoms with Crippen LogP contribution in [0.4, 0.5) is 0 Å². The van der Waals surface area contributed by atoms with Crippen LogP contribution >= 0.6 is 15.9 Å². The van der Waals surface area contributed by atoms with Gasteiger partial charge < -0.3 is 10.1 Å². The van der Waals surface area contributed by atoms with Gasteiger partial charge in [0.15, 0.2) is 0 Å². The lowest BCUT2D eigenvalue weighted by Crippen LogP contribution is -2.40. The number of ether oxygens (including phenoxy) is 1. The predicted octanol–water partition coefficient (Wildman–Crippen LogP) is 4.59. The Morgan fingerprint density at radius 2 is 1.95 bits per heavy atom. The topological polar surface area (TPSA) is 21.3 Å². The molecular weight excluding hydrogens is 326 g/mol. The fourth-order valence-corrected chi connectivity index (χ4v) is 3.27. The number of rotatable bonds is 5. The van der Waals surface area contributed by atoms with E-state index in [9.17, 15) is 0 Å². The van der Waals surface area contributed by atoms with Gasteiger partial charge in [0.1, 0.15) is 5.75 Å². The van der Waals surface area contributed by atoms with Gasteiger partial charge in [-0.3, -0.25) is 0 Å². The summed E-state index contributed by atoms with van der Waals surface area (Å²) in [5.74, 6) is 2.41. The molecule has 3 heteroatoms.